The van der Waals surface area contributed by atoms with Crippen LogP contribution in [0.5, 0.6) is 0 Å². The maximum absolute atomic E-state index is 10.2. The van der Waals surface area contributed by atoms with Gasteiger partial charge in [-0.3, -0.25) is 0 Å². The maximum Gasteiger partial charge on any atom is 0.0884 e. The van der Waals surface area contributed by atoms with Crippen molar-refractivity contribution >= 4 is 23.4 Å². The van der Waals surface area contributed by atoms with E-state index in [2.05, 4.69) is 19.1 Å². The van der Waals surface area contributed by atoms with Crippen LogP contribution in [0.25, 0.3) is 0 Å². The molecule has 0 spiro atoms. The Bertz CT molecular complexity index is 568. The van der Waals surface area contributed by atoms with Gasteiger partial charge in [0.2, 0.25) is 0 Å². The van der Waals surface area contributed by atoms with Crippen molar-refractivity contribution < 1.29 is 5.11 Å². The van der Waals surface area contributed by atoms with E-state index in [1.54, 1.807) is 11.8 Å². The number of aryl methyl sites for hydroxylation is 2. The Labute approximate surface area is 123 Å². The lowest BCUT2D eigenvalue weighted by atomic mass is 10.1. The fraction of sp³-hybridized carbons (Fsp3) is 0.250. The summed E-state index contributed by atoms with van der Waals surface area (Å²) in [5.74, 6) is 0.629. The Morgan fingerprint density at radius 1 is 1.11 bits per heavy atom. The van der Waals surface area contributed by atoms with Gasteiger partial charge in [-0.1, -0.05) is 41.9 Å². The van der Waals surface area contributed by atoms with E-state index in [1.807, 2.05) is 37.3 Å². The quantitative estimate of drug-likeness (QED) is 0.818. The molecule has 0 aliphatic rings. The Hall–Kier alpha value is -0.960. The third-order valence-electron chi connectivity index (χ3n) is 3.07. The van der Waals surface area contributed by atoms with E-state index in [4.69, 9.17) is 11.6 Å². The summed E-state index contributed by atoms with van der Waals surface area (Å²) < 4.78 is 0. The number of halogens is 1. The first kappa shape index (κ1) is 14.4. The number of aliphatic hydroxyl groups excluding tert-OH is 1. The Morgan fingerprint density at radius 2 is 1.84 bits per heavy atom. The van der Waals surface area contributed by atoms with Crippen LogP contribution in [0, 0.1) is 13.8 Å². The smallest absolute Gasteiger partial charge is 0.0884 e. The molecule has 100 valence electrons. The molecule has 2 rings (SSSR count). The molecule has 19 heavy (non-hydrogen) atoms. The molecule has 0 aliphatic carbocycles. The zero-order valence-corrected chi connectivity index (χ0v) is 12.6. The summed E-state index contributed by atoms with van der Waals surface area (Å²) in [6, 6.07) is 13.9. The molecule has 0 aromatic heterocycles. The summed E-state index contributed by atoms with van der Waals surface area (Å²) >= 11 is 7.75. The van der Waals surface area contributed by atoms with E-state index < -0.39 is 6.10 Å². The van der Waals surface area contributed by atoms with Gasteiger partial charge in [-0.05, 0) is 42.7 Å². The number of thioether (sulfide) groups is 1. The van der Waals surface area contributed by atoms with Gasteiger partial charge in [0.15, 0.2) is 0 Å². The predicted molar refractivity (Wildman–Crippen MR) is 83.1 cm³/mol. The Morgan fingerprint density at radius 3 is 2.53 bits per heavy atom. The van der Waals surface area contributed by atoms with Crippen molar-refractivity contribution in [2.75, 3.05) is 5.75 Å². The standard InChI is InChI=1S/C16H17ClOS/c1-11-7-8-13(9-14(11)17)15(18)10-19-16-6-4-3-5-12(16)2/h3-9,15,18H,10H2,1-2H3. The van der Waals surface area contributed by atoms with E-state index in [0.29, 0.717) is 10.8 Å². The lowest BCUT2D eigenvalue weighted by Gasteiger charge is -2.12. The summed E-state index contributed by atoms with van der Waals surface area (Å²) in [4.78, 5) is 1.21. The first-order valence-electron chi connectivity index (χ1n) is 6.20. The Kier molecular flexibility index (Phi) is 4.92. The Balaban J connectivity index is 2.03. The summed E-state index contributed by atoms with van der Waals surface area (Å²) in [6.45, 7) is 4.04. The molecule has 2 aromatic rings. The average Bonchev–Trinajstić information content (AvgIpc) is 2.40. The first-order chi connectivity index (χ1) is 9.08. The summed E-state index contributed by atoms with van der Waals surface area (Å²) in [5, 5.41) is 10.9. The van der Waals surface area contributed by atoms with E-state index >= 15 is 0 Å². The minimum absolute atomic E-state index is 0.497. The van der Waals surface area contributed by atoms with Crippen molar-refractivity contribution in [1.82, 2.24) is 0 Å². The van der Waals surface area contributed by atoms with Crippen LogP contribution in [-0.4, -0.2) is 10.9 Å². The maximum atomic E-state index is 10.2. The molecule has 0 amide bonds. The molecule has 0 aliphatic heterocycles. The topological polar surface area (TPSA) is 20.2 Å². The molecule has 2 aromatic carbocycles. The molecule has 0 saturated heterocycles. The monoisotopic (exact) mass is 292 g/mol. The van der Waals surface area contributed by atoms with Gasteiger partial charge < -0.3 is 5.11 Å². The molecule has 0 saturated carbocycles. The van der Waals surface area contributed by atoms with Crippen molar-refractivity contribution in [1.29, 1.82) is 0 Å². The normalized spacial score (nSPS) is 12.4. The highest BCUT2D eigenvalue weighted by atomic mass is 35.5. The minimum Gasteiger partial charge on any atom is -0.388 e. The molecule has 0 bridgehead atoms. The van der Waals surface area contributed by atoms with Gasteiger partial charge in [-0.2, -0.15) is 0 Å². The SMILES string of the molecule is Cc1ccc(C(O)CSc2ccccc2C)cc1Cl. The largest absolute Gasteiger partial charge is 0.388 e. The van der Waals surface area contributed by atoms with Crippen LogP contribution < -0.4 is 0 Å². The molecule has 1 atom stereocenters. The van der Waals surface area contributed by atoms with Crippen LogP contribution in [0.2, 0.25) is 5.02 Å². The van der Waals surface area contributed by atoms with Crippen LogP contribution in [0.15, 0.2) is 47.4 Å². The number of hydrogen-bond acceptors (Lipinski definition) is 2. The van der Waals surface area contributed by atoms with E-state index in [1.165, 1.54) is 10.5 Å². The summed E-state index contributed by atoms with van der Waals surface area (Å²) in [7, 11) is 0. The third-order valence-corrected chi connectivity index (χ3v) is 4.73. The van der Waals surface area contributed by atoms with Gasteiger partial charge in [0.25, 0.3) is 0 Å². The van der Waals surface area contributed by atoms with E-state index in [-0.39, 0.29) is 0 Å². The van der Waals surface area contributed by atoms with Crippen molar-refractivity contribution in [2.45, 2.75) is 24.8 Å². The lowest BCUT2D eigenvalue weighted by molar-refractivity contribution is 0.204. The summed E-state index contributed by atoms with van der Waals surface area (Å²) in [6.07, 6.45) is -0.497. The lowest BCUT2D eigenvalue weighted by Crippen LogP contribution is -2.01. The number of hydrogen-bond donors (Lipinski definition) is 1. The van der Waals surface area contributed by atoms with Crippen molar-refractivity contribution in [3.63, 3.8) is 0 Å². The molecule has 1 N–H and O–H groups in total. The highest BCUT2D eigenvalue weighted by Gasteiger charge is 2.10. The zero-order valence-electron chi connectivity index (χ0n) is 11.1. The average molecular weight is 293 g/mol. The summed E-state index contributed by atoms with van der Waals surface area (Å²) in [5.41, 5.74) is 3.14. The first-order valence-corrected chi connectivity index (χ1v) is 7.57. The molecule has 3 heteroatoms. The van der Waals surface area contributed by atoms with Gasteiger partial charge in [0, 0.05) is 15.7 Å². The molecular weight excluding hydrogens is 276 g/mol. The second-order valence-corrected chi connectivity index (χ2v) is 6.07. The highest BCUT2D eigenvalue weighted by molar-refractivity contribution is 7.99. The molecule has 0 radical (unpaired) electrons. The van der Waals surface area contributed by atoms with Crippen LogP contribution >= 0.6 is 23.4 Å². The predicted octanol–water partition coefficient (Wildman–Crippen LogP) is 4.78. The van der Waals surface area contributed by atoms with E-state index in [0.717, 1.165) is 11.1 Å². The van der Waals surface area contributed by atoms with Gasteiger partial charge in [-0.15, -0.1) is 11.8 Å². The van der Waals surface area contributed by atoms with Crippen molar-refractivity contribution in [2.24, 2.45) is 0 Å². The third kappa shape index (κ3) is 3.75. The molecule has 1 nitrogen and oxygen atoms in total. The van der Waals surface area contributed by atoms with Crippen LogP contribution in [-0.2, 0) is 0 Å². The highest BCUT2D eigenvalue weighted by Crippen LogP contribution is 2.28. The second-order valence-electron chi connectivity index (χ2n) is 4.60. The number of aliphatic hydroxyl groups is 1. The molecule has 0 heterocycles. The van der Waals surface area contributed by atoms with Crippen LogP contribution in [0.4, 0.5) is 0 Å². The van der Waals surface area contributed by atoms with Gasteiger partial charge >= 0.3 is 0 Å². The zero-order chi connectivity index (χ0) is 13.8. The fourth-order valence-electron chi connectivity index (χ4n) is 1.80. The van der Waals surface area contributed by atoms with E-state index in [9.17, 15) is 5.11 Å². The molecule has 0 fully saturated rings. The van der Waals surface area contributed by atoms with Gasteiger partial charge in [-0.25, -0.2) is 0 Å². The minimum atomic E-state index is -0.497. The number of benzene rings is 2. The van der Waals surface area contributed by atoms with Crippen molar-refractivity contribution in [3.05, 3.63) is 64.2 Å². The second kappa shape index (κ2) is 6.47. The van der Waals surface area contributed by atoms with Gasteiger partial charge in [0.1, 0.15) is 0 Å². The van der Waals surface area contributed by atoms with Crippen molar-refractivity contribution in [3.8, 4) is 0 Å². The van der Waals surface area contributed by atoms with Crippen LogP contribution in [0.3, 0.4) is 0 Å². The molecular formula is C16H17ClOS. The van der Waals surface area contributed by atoms with Gasteiger partial charge in [0.05, 0.1) is 6.10 Å². The fourth-order valence-corrected chi connectivity index (χ4v) is 2.99. The van der Waals surface area contributed by atoms with Crippen LogP contribution in [0.1, 0.15) is 22.8 Å². The number of rotatable bonds is 4. The molecule has 1 unspecified atom stereocenters.